The van der Waals surface area contributed by atoms with Crippen LogP contribution in [0, 0.1) is 11.3 Å². The van der Waals surface area contributed by atoms with Gasteiger partial charge in [0.1, 0.15) is 6.04 Å². The fraction of sp³-hybridized carbons (Fsp3) is 0.174. The van der Waals surface area contributed by atoms with Gasteiger partial charge in [-0.3, -0.25) is 4.90 Å². The molecule has 1 aromatic heterocycles. The van der Waals surface area contributed by atoms with Crippen LogP contribution < -0.4 is 10.6 Å². The quantitative estimate of drug-likeness (QED) is 0.521. The number of alkyl halides is 3. The number of carbonyl (C=O) groups excluding carboxylic acids is 1. The lowest BCUT2D eigenvalue weighted by Gasteiger charge is -2.35. The zero-order valence-electron chi connectivity index (χ0n) is 18.6. The van der Waals surface area contributed by atoms with Gasteiger partial charge in [0, 0.05) is 11.4 Å². The summed E-state index contributed by atoms with van der Waals surface area (Å²) in [5, 5.41) is 25.1. The van der Waals surface area contributed by atoms with Crippen molar-refractivity contribution < 1.29 is 32.6 Å². The zero-order valence-corrected chi connectivity index (χ0v) is 18.6. The van der Waals surface area contributed by atoms with Gasteiger partial charge in [-0.2, -0.15) is 18.4 Å². The van der Waals surface area contributed by atoms with Crippen molar-refractivity contribution >= 4 is 23.6 Å². The summed E-state index contributed by atoms with van der Waals surface area (Å²) >= 11 is 0. The van der Waals surface area contributed by atoms with E-state index in [0.717, 1.165) is 35.9 Å². The molecule has 0 fully saturated rings. The molecule has 0 bridgehead atoms. The summed E-state index contributed by atoms with van der Waals surface area (Å²) in [5.74, 6) is -2.56. The van der Waals surface area contributed by atoms with Crippen LogP contribution in [0.1, 0.15) is 40.0 Å². The van der Waals surface area contributed by atoms with Gasteiger partial charge in [0.2, 0.25) is 5.95 Å². The zero-order chi connectivity index (χ0) is 26.4. The number of benzene rings is 2. The monoisotopic (exact) mass is 499 g/mol. The lowest BCUT2D eigenvalue weighted by Crippen LogP contribution is -2.38. The molecule has 1 atom stereocenters. The largest absolute Gasteiger partial charge is 0.478 e. The summed E-state index contributed by atoms with van der Waals surface area (Å²) in [6.07, 6.45) is -4.67. The SMILES string of the molecule is COC(=O)C1=C(C)N(c2cccc(C(F)(F)F)c2)c2n[nH]c(=O)n2[C@@H]1c1ccc(C#N)cc1C(=O)O. The van der Waals surface area contributed by atoms with Gasteiger partial charge in [0.05, 0.1) is 35.4 Å². The highest BCUT2D eigenvalue weighted by molar-refractivity contribution is 5.96. The minimum atomic E-state index is -4.67. The second-order valence-electron chi connectivity index (χ2n) is 7.69. The van der Waals surface area contributed by atoms with E-state index in [0.29, 0.717) is 0 Å². The molecular weight excluding hydrogens is 483 g/mol. The Bertz CT molecular complexity index is 1530. The molecule has 4 rings (SSSR count). The van der Waals surface area contributed by atoms with Gasteiger partial charge in [0.15, 0.2) is 0 Å². The number of aromatic nitrogens is 3. The van der Waals surface area contributed by atoms with Crippen molar-refractivity contribution in [1.82, 2.24) is 14.8 Å². The average Bonchev–Trinajstić information content (AvgIpc) is 3.22. The van der Waals surface area contributed by atoms with Crippen LogP contribution in [-0.4, -0.2) is 38.9 Å². The van der Waals surface area contributed by atoms with Crippen LogP contribution in [0.5, 0.6) is 0 Å². The van der Waals surface area contributed by atoms with Gasteiger partial charge in [0.25, 0.3) is 0 Å². The summed E-state index contributed by atoms with van der Waals surface area (Å²) in [4.78, 5) is 39.1. The van der Waals surface area contributed by atoms with Crippen LogP contribution in [0.2, 0.25) is 0 Å². The first-order valence-electron chi connectivity index (χ1n) is 10.2. The van der Waals surface area contributed by atoms with Crippen molar-refractivity contribution in [2.45, 2.75) is 19.1 Å². The second-order valence-corrected chi connectivity index (χ2v) is 7.69. The van der Waals surface area contributed by atoms with Gasteiger partial charge in [-0.15, -0.1) is 5.10 Å². The van der Waals surface area contributed by atoms with Gasteiger partial charge < -0.3 is 9.84 Å². The number of hydrogen-bond acceptors (Lipinski definition) is 7. The number of carboxylic acid groups (broad SMARTS) is 1. The number of nitrogens with one attached hydrogen (secondary N) is 1. The summed E-state index contributed by atoms with van der Waals surface area (Å²) in [7, 11) is 1.07. The van der Waals surface area contributed by atoms with Crippen LogP contribution >= 0.6 is 0 Å². The van der Waals surface area contributed by atoms with E-state index in [4.69, 9.17) is 4.74 Å². The van der Waals surface area contributed by atoms with E-state index in [9.17, 15) is 37.9 Å². The lowest BCUT2D eigenvalue weighted by atomic mass is 9.90. The molecule has 0 unspecified atom stereocenters. The van der Waals surface area contributed by atoms with E-state index in [1.165, 1.54) is 30.0 Å². The minimum absolute atomic E-state index is 0.0256. The molecule has 0 spiro atoms. The molecule has 184 valence electrons. The number of carboxylic acids is 1. The number of esters is 1. The number of nitriles is 1. The maximum absolute atomic E-state index is 13.4. The van der Waals surface area contributed by atoms with E-state index < -0.39 is 35.4 Å². The number of aromatic amines is 1. The van der Waals surface area contributed by atoms with Crippen molar-refractivity contribution in [3.05, 3.63) is 86.5 Å². The number of carbonyl (C=O) groups is 2. The number of anilines is 2. The van der Waals surface area contributed by atoms with Crippen LogP contribution in [0.15, 0.2) is 58.5 Å². The first kappa shape index (κ1) is 24.3. The number of aromatic carboxylic acids is 1. The molecule has 0 amide bonds. The Morgan fingerprint density at radius 2 is 1.94 bits per heavy atom. The van der Waals surface area contributed by atoms with Crippen molar-refractivity contribution in [3.8, 4) is 6.07 Å². The molecule has 0 radical (unpaired) electrons. The predicted molar refractivity (Wildman–Crippen MR) is 117 cm³/mol. The fourth-order valence-corrected chi connectivity index (χ4v) is 4.13. The Morgan fingerprint density at radius 1 is 1.22 bits per heavy atom. The highest BCUT2D eigenvalue weighted by Gasteiger charge is 2.41. The standard InChI is InChI=1S/C23H16F3N5O5/c1-11-17(20(34)36-2)18(15-7-6-12(10-27)8-16(15)19(32)33)31-21(28-29-22(31)35)30(11)14-5-3-4-13(9-14)23(24,25)26/h3-9,18H,1-2H3,(H,29,35)(H,32,33)/t18-/m1/s1. The van der Waals surface area contributed by atoms with Crippen molar-refractivity contribution in [3.63, 3.8) is 0 Å². The van der Waals surface area contributed by atoms with E-state index in [1.807, 2.05) is 6.07 Å². The van der Waals surface area contributed by atoms with Gasteiger partial charge in [-0.1, -0.05) is 12.1 Å². The minimum Gasteiger partial charge on any atom is -0.478 e. The highest BCUT2D eigenvalue weighted by Crippen LogP contribution is 2.43. The highest BCUT2D eigenvalue weighted by atomic mass is 19.4. The molecule has 36 heavy (non-hydrogen) atoms. The summed E-state index contributed by atoms with van der Waals surface area (Å²) in [6.45, 7) is 1.41. The molecule has 2 heterocycles. The summed E-state index contributed by atoms with van der Waals surface area (Å²) < 4.78 is 46.0. The van der Waals surface area contributed by atoms with Crippen LogP contribution in [0.4, 0.5) is 24.8 Å². The van der Waals surface area contributed by atoms with Gasteiger partial charge in [-0.25, -0.2) is 24.0 Å². The maximum atomic E-state index is 13.4. The van der Waals surface area contributed by atoms with E-state index >= 15 is 0 Å². The number of fused-ring (bicyclic) bond motifs is 1. The fourth-order valence-electron chi connectivity index (χ4n) is 4.13. The predicted octanol–water partition coefficient (Wildman–Crippen LogP) is 3.35. The summed E-state index contributed by atoms with van der Waals surface area (Å²) in [5.41, 5.74) is -2.41. The number of H-pyrrole nitrogens is 1. The van der Waals surface area contributed by atoms with E-state index in [1.54, 1.807) is 0 Å². The number of halogens is 3. The summed E-state index contributed by atoms with van der Waals surface area (Å²) in [6, 6.07) is 8.32. The number of nitrogens with zero attached hydrogens (tertiary/aromatic N) is 4. The normalized spacial score (nSPS) is 15.3. The van der Waals surface area contributed by atoms with E-state index in [-0.39, 0.29) is 39.6 Å². The van der Waals surface area contributed by atoms with Crippen molar-refractivity contribution in [2.24, 2.45) is 0 Å². The Hall–Kier alpha value is -4.86. The Labute approximate surface area is 200 Å². The van der Waals surface area contributed by atoms with Gasteiger partial charge in [-0.05, 0) is 42.8 Å². The molecular formula is C23H16F3N5O5. The molecule has 1 aliphatic heterocycles. The first-order valence-corrected chi connectivity index (χ1v) is 10.2. The molecule has 13 heteroatoms. The second kappa shape index (κ2) is 8.73. The van der Waals surface area contributed by atoms with Crippen molar-refractivity contribution in [1.29, 1.82) is 5.26 Å². The van der Waals surface area contributed by atoms with Crippen LogP contribution in [0.25, 0.3) is 0 Å². The topological polar surface area (TPSA) is 141 Å². The Kier molecular flexibility index (Phi) is 5.89. The van der Waals surface area contributed by atoms with Crippen LogP contribution in [0.3, 0.4) is 0 Å². The first-order chi connectivity index (χ1) is 17.0. The Balaban J connectivity index is 2.06. The lowest BCUT2D eigenvalue weighted by molar-refractivity contribution is -0.138. The van der Waals surface area contributed by atoms with Crippen molar-refractivity contribution in [2.75, 3.05) is 12.0 Å². The molecule has 0 saturated carbocycles. The van der Waals surface area contributed by atoms with Crippen LogP contribution in [-0.2, 0) is 15.7 Å². The number of ether oxygens (including phenoxy) is 1. The third-order valence-corrected chi connectivity index (χ3v) is 5.69. The number of hydrogen-bond donors (Lipinski definition) is 2. The number of methoxy groups -OCH3 is 1. The molecule has 1 aliphatic rings. The molecule has 0 aliphatic carbocycles. The molecule has 2 N–H and O–H groups in total. The van der Waals surface area contributed by atoms with E-state index in [2.05, 4.69) is 10.2 Å². The molecule has 0 saturated heterocycles. The number of rotatable bonds is 4. The number of allylic oxidation sites excluding steroid dienone is 1. The van der Waals surface area contributed by atoms with Gasteiger partial charge >= 0.3 is 23.8 Å². The molecule has 3 aromatic rings. The smallest absolute Gasteiger partial charge is 0.416 e. The Morgan fingerprint density at radius 3 is 2.56 bits per heavy atom. The maximum Gasteiger partial charge on any atom is 0.416 e. The average molecular weight is 499 g/mol. The molecule has 10 nitrogen and oxygen atoms in total. The third-order valence-electron chi connectivity index (χ3n) is 5.69. The molecule has 2 aromatic carbocycles. The third kappa shape index (κ3) is 3.88.